The minimum Gasteiger partial charge on any atom is -0.329 e. The van der Waals surface area contributed by atoms with E-state index in [1.54, 1.807) is 0 Å². The second-order valence-electron chi connectivity index (χ2n) is 12.5. The Kier molecular flexibility index (Phi) is 35.9. The van der Waals surface area contributed by atoms with Crippen molar-refractivity contribution in [1.29, 1.82) is 0 Å². The van der Waals surface area contributed by atoms with E-state index >= 15 is 0 Å². The highest BCUT2D eigenvalue weighted by molar-refractivity contribution is 4.82. The number of hydrogen-bond donors (Lipinski definition) is 1. The van der Waals surface area contributed by atoms with Crippen molar-refractivity contribution in [2.24, 2.45) is 5.73 Å². The third-order valence-electron chi connectivity index (χ3n) is 8.42. The van der Waals surface area contributed by atoms with Crippen LogP contribution in [0.1, 0.15) is 194 Å². The molecule has 0 aliphatic rings. The van der Waals surface area contributed by atoms with E-state index < -0.39 is 0 Å². The summed E-state index contributed by atoms with van der Waals surface area (Å²) in [6.45, 7) is 8.98. The van der Waals surface area contributed by atoms with Crippen molar-refractivity contribution >= 4 is 0 Å². The van der Waals surface area contributed by atoms with Crippen LogP contribution in [-0.4, -0.2) is 31.1 Å². The average molecular weight is 561 g/mol. The van der Waals surface area contributed by atoms with Gasteiger partial charge in [0.05, 0.1) is 0 Å². The highest BCUT2D eigenvalue weighted by Crippen LogP contribution is 2.12. The Morgan fingerprint density at radius 1 is 0.350 bits per heavy atom. The summed E-state index contributed by atoms with van der Waals surface area (Å²) in [5, 5.41) is 0. The van der Waals surface area contributed by atoms with Crippen LogP contribution in [0.5, 0.6) is 0 Å². The van der Waals surface area contributed by atoms with E-state index in [-0.39, 0.29) is 0 Å². The van der Waals surface area contributed by atoms with E-state index in [2.05, 4.69) is 43.1 Å². The van der Waals surface area contributed by atoms with Gasteiger partial charge in [-0.05, 0) is 77.3 Å². The van der Waals surface area contributed by atoms with Crippen LogP contribution < -0.4 is 5.73 Å². The third kappa shape index (κ3) is 33.6. The molecule has 0 bridgehead atoms. The first kappa shape index (κ1) is 39.4. The Labute approximate surface area is 254 Å². The van der Waals surface area contributed by atoms with Crippen LogP contribution in [0.3, 0.4) is 0 Å². The fourth-order valence-electron chi connectivity index (χ4n) is 5.68. The number of rotatable bonds is 34. The lowest BCUT2D eigenvalue weighted by Crippen LogP contribution is -2.31. The zero-order valence-corrected chi connectivity index (χ0v) is 28.0. The lowest BCUT2D eigenvalue weighted by atomic mass is 10.1. The second kappa shape index (κ2) is 36.4. The molecule has 0 rings (SSSR count). The molecule has 0 fully saturated rings. The summed E-state index contributed by atoms with van der Waals surface area (Å²) in [5.74, 6) is 0. The van der Waals surface area contributed by atoms with Crippen molar-refractivity contribution in [3.63, 3.8) is 0 Å². The molecule has 40 heavy (non-hydrogen) atoms. The second-order valence-corrected chi connectivity index (χ2v) is 12.5. The fourth-order valence-corrected chi connectivity index (χ4v) is 5.68. The maximum Gasteiger partial charge on any atom is 0.0105 e. The van der Waals surface area contributed by atoms with E-state index in [4.69, 9.17) is 5.73 Å². The number of unbranched alkanes of at least 4 members (excludes halogenated alkanes) is 24. The van der Waals surface area contributed by atoms with Gasteiger partial charge in [0.2, 0.25) is 0 Å². The van der Waals surface area contributed by atoms with E-state index in [0.717, 1.165) is 13.1 Å². The molecule has 0 radical (unpaired) electrons. The van der Waals surface area contributed by atoms with Crippen molar-refractivity contribution < 1.29 is 0 Å². The Morgan fingerprint density at radius 3 is 0.925 bits per heavy atom. The van der Waals surface area contributed by atoms with Crippen molar-refractivity contribution in [1.82, 2.24) is 4.90 Å². The lowest BCUT2D eigenvalue weighted by Gasteiger charge is -2.21. The highest BCUT2D eigenvalue weighted by atomic mass is 15.1. The van der Waals surface area contributed by atoms with Gasteiger partial charge in [-0.25, -0.2) is 0 Å². The topological polar surface area (TPSA) is 29.3 Å². The van der Waals surface area contributed by atoms with Crippen LogP contribution in [-0.2, 0) is 0 Å². The monoisotopic (exact) mass is 561 g/mol. The molecule has 0 atom stereocenters. The highest BCUT2D eigenvalue weighted by Gasteiger charge is 2.03. The minimum absolute atomic E-state index is 0.804. The van der Waals surface area contributed by atoms with Crippen molar-refractivity contribution in [3.8, 4) is 0 Å². The van der Waals surface area contributed by atoms with Gasteiger partial charge in [-0.2, -0.15) is 0 Å². The fraction of sp³-hybridized carbons (Fsp3) is 0.895. The van der Waals surface area contributed by atoms with Gasteiger partial charge in [-0.1, -0.05) is 154 Å². The van der Waals surface area contributed by atoms with Gasteiger partial charge in [-0.3, -0.25) is 0 Å². The molecule has 0 spiro atoms. The Hall–Kier alpha value is -0.600. The van der Waals surface area contributed by atoms with Gasteiger partial charge in [0.15, 0.2) is 0 Å². The molecule has 0 amide bonds. The summed E-state index contributed by atoms with van der Waals surface area (Å²) in [7, 11) is 0. The zero-order chi connectivity index (χ0) is 29.0. The van der Waals surface area contributed by atoms with Crippen LogP contribution in [0, 0.1) is 0 Å². The summed E-state index contributed by atoms with van der Waals surface area (Å²) < 4.78 is 0. The molecule has 0 aromatic rings. The first-order chi connectivity index (χ1) is 19.8. The third-order valence-corrected chi connectivity index (χ3v) is 8.42. The van der Waals surface area contributed by atoms with Gasteiger partial charge in [-0.15, -0.1) is 0 Å². The normalized spacial score (nSPS) is 12.1. The lowest BCUT2D eigenvalue weighted by molar-refractivity contribution is 0.267. The molecule has 0 saturated heterocycles. The van der Waals surface area contributed by atoms with E-state index in [1.807, 2.05) is 0 Å². The summed E-state index contributed by atoms with van der Waals surface area (Å²) >= 11 is 0. The van der Waals surface area contributed by atoms with E-state index in [0.29, 0.717) is 0 Å². The van der Waals surface area contributed by atoms with Crippen LogP contribution in [0.25, 0.3) is 0 Å². The minimum atomic E-state index is 0.804. The smallest absolute Gasteiger partial charge is 0.0105 e. The Balaban J connectivity index is 3.44. The maximum absolute atomic E-state index is 5.90. The summed E-state index contributed by atoms with van der Waals surface area (Å²) in [6.07, 6.45) is 48.5. The molecular formula is C38H76N2. The Morgan fingerprint density at radius 2 is 0.625 bits per heavy atom. The number of nitrogens with two attached hydrogens (primary N) is 1. The van der Waals surface area contributed by atoms with Crippen LogP contribution in [0.2, 0.25) is 0 Å². The quantitative estimate of drug-likeness (QED) is 0.0626. The van der Waals surface area contributed by atoms with Crippen LogP contribution >= 0.6 is 0 Å². The predicted molar refractivity (Wildman–Crippen MR) is 184 cm³/mol. The maximum atomic E-state index is 5.90. The van der Waals surface area contributed by atoms with Gasteiger partial charge in [0, 0.05) is 13.1 Å². The van der Waals surface area contributed by atoms with Gasteiger partial charge in [0.1, 0.15) is 0 Å². The molecule has 0 aliphatic heterocycles. The van der Waals surface area contributed by atoms with Gasteiger partial charge < -0.3 is 10.6 Å². The van der Waals surface area contributed by atoms with E-state index in [1.165, 1.54) is 193 Å². The average Bonchev–Trinajstić information content (AvgIpc) is 2.96. The number of hydrogen-bond acceptors (Lipinski definition) is 2. The molecule has 238 valence electrons. The molecule has 0 aromatic carbocycles. The SMILES string of the molecule is CCCCCCCC/C=C\CCCCCCCCN(CCN)CCCCCCCC/C=C\CCCCCCCC. The van der Waals surface area contributed by atoms with Gasteiger partial charge in [0.25, 0.3) is 0 Å². The first-order valence-corrected chi connectivity index (χ1v) is 18.6. The molecule has 0 unspecified atom stereocenters. The molecular weight excluding hydrogens is 484 g/mol. The van der Waals surface area contributed by atoms with Crippen LogP contribution in [0.4, 0.5) is 0 Å². The number of nitrogens with zero attached hydrogens (tertiary/aromatic N) is 1. The summed E-state index contributed by atoms with van der Waals surface area (Å²) in [6, 6.07) is 0. The first-order valence-electron chi connectivity index (χ1n) is 18.6. The molecule has 2 heteroatoms. The molecule has 0 aromatic heterocycles. The molecule has 0 aliphatic carbocycles. The molecule has 0 saturated carbocycles. The standard InChI is InChI=1S/C38H76N2/c1-3-5-7-9-11-13-15-17-19-21-23-25-27-29-31-33-36-40(38-35-39)37-34-32-30-28-26-24-22-20-18-16-14-12-10-8-6-4-2/h17-20H,3-16,21-39H2,1-2H3/b19-17-,20-18-. The molecule has 2 N–H and O–H groups in total. The largest absolute Gasteiger partial charge is 0.329 e. The van der Waals surface area contributed by atoms with Crippen molar-refractivity contribution in [2.45, 2.75) is 194 Å². The Bertz CT molecular complexity index is 456. The van der Waals surface area contributed by atoms with Crippen LogP contribution in [0.15, 0.2) is 24.3 Å². The zero-order valence-electron chi connectivity index (χ0n) is 28.0. The summed E-state index contributed by atoms with van der Waals surface area (Å²) in [4.78, 5) is 2.63. The van der Waals surface area contributed by atoms with Crippen molar-refractivity contribution in [2.75, 3.05) is 26.2 Å². The number of allylic oxidation sites excluding steroid dienone is 4. The van der Waals surface area contributed by atoms with Gasteiger partial charge >= 0.3 is 0 Å². The summed E-state index contributed by atoms with van der Waals surface area (Å²) in [5.41, 5.74) is 5.90. The molecule has 0 heterocycles. The predicted octanol–water partition coefficient (Wildman–Crippen LogP) is 12.3. The van der Waals surface area contributed by atoms with E-state index in [9.17, 15) is 0 Å². The molecule has 2 nitrogen and oxygen atoms in total. The van der Waals surface area contributed by atoms with Crippen molar-refractivity contribution in [3.05, 3.63) is 24.3 Å².